The summed E-state index contributed by atoms with van der Waals surface area (Å²) >= 11 is 0. The van der Waals surface area contributed by atoms with Crippen molar-refractivity contribution in [2.75, 3.05) is 0 Å². The second-order valence-electron chi connectivity index (χ2n) is 4.76. The van der Waals surface area contributed by atoms with Crippen molar-refractivity contribution in [2.24, 2.45) is 29.1 Å². The Hall–Kier alpha value is 0. The Bertz CT molecular complexity index is 163. The minimum atomic E-state index is 0.843. The fourth-order valence-corrected chi connectivity index (χ4v) is 3.86. The van der Waals surface area contributed by atoms with Crippen LogP contribution >= 0.6 is 0 Å². The molecule has 0 amide bonds. The van der Waals surface area contributed by atoms with Gasteiger partial charge < -0.3 is 0 Å². The Morgan fingerprint density at radius 3 is 1.82 bits per heavy atom. The van der Waals surface area contributed by atoms with E-state index in [1.54, 1.807) is 0 Å². The lowest BCUT2D eigenvalue weighted by atomic mass is 10.1. The van der Waals surface area contributed by atoms with Crippen LogP contribution in [-0.4, -0.2) is 0 Å². The van der Waals surface area contributed by atoms with Crippen LogP contribution in [0.1, 0.15) is 40.5 Å². The predicted octanol–water partition coefficient (Wildman–Crippen LogP) is 3.32. The van der Waals surface area contributed by atoms with Crippen molar-refractivity contribution in [1.82, 2.24) is 0 Å². The van der Waals surface area contributed by atoms with E-state index in [-0.39, 0.29) is 0 Å². The topological polar surface area (TPSA) is 0 Å². The van der Waals surface area contributed by atoms with Crippen LogP contribution in [-0.2, 0) is 0 Å². The summed E-state index contributed by atoms with van der Waals surface area (Å²) in [6.45, 7) is 9.66. The molecule has 2 aliphatic carbocycles. The molecule has 64 valence electrons. The highest BCUT2D eigenvalue weighted by Crippen LogP contribution is 2.82. The molecule has 0 heteroatoms. The van der Waals surface area contributed by atoms with Crippen LogP contribution in [0.25, 0.3) is 0 Å². The van der Waals surface area contributed by atoms with Crippen LogP contribution in [0.15, 0.2) is 0 Å². The molecule has 0 aliphatic heterocycles. The third-order valence-corrected chi connectivity index (χ3v) is 4.74. The third kappa shape index (κ3) is 0.666. The van der Waals surface area contributed by atoms with Crippen molar-refractivity contribution in [3.63, 3.8) is 0 Å². The second kappa shape index (κ2) is 2.02. The zero-order valence-corrected chi connectivity index (χ0v) is 8.22. The summed E-state index contributed by atoms with van der Waals surface area (Å²) in [6, 6.07) is 0. The van der Waals surface area contributed by atoms with Crippen molar-refractivity contribution >= 4 is 0 Å². The summed E-state index contributed by atoms with van der Waals surface area (Å²) in [5.41, 5.74) is 0.843. The molecule has 4 atom stereocenters. The highest BCUT2D eigenvalue weighted by atomic mass is 14.8. The van der Waals surface area contributed by atoms with Crippen LogP contribution in [0.2, 0.25) is 0 Å². The third-order valence-electron chi connectivity index (χ3n) is 4.74. The molecule has 0 aromatic heterocycles. The van der Waals surface area contributed by atoms with Gasteiger partial charge in [0.1, 0.15) is 0 Å². The molecular weight excluding hydrogens is 132 g/mol. The Morgan fingerprint density at radius 1 is 1.00 bits per heavy atom. The van der Waals surface area contributed by atoms with Crippen LogP contribution < -0.4 is 0 Å². The fraction of sp³-hybridized carbons (Fsp3) is 1.00. The fourth-order valence-electron chi connectivity index (χ4n) is 3.86. The highest BCUT2D eigenvalue weighted by molar-refractivity contribution is 5.24. The first-order valence-corrected chi connectivity index (χ1v) is 5.17. The molecule has 1 spiro atoms. The highest BCUT2D eigenvalue weighted by Gasteiger charge is 2.77. The van der Waals surface area contributed by atoms with Crippen molar-refractivity contribution < 1.29 is 0 Å². The molecule has 0 aromatic rings. The van der Waals surface area contributed by atoms with Crippen LogP contribution in [0, 0.1) is 29.1 Å². The monoisotopic (exact) mass is 152 g/mol. The molecule has 0 bridgehead atoms. The van der Waals surface area contributed by atoms with E-state index in [2.05, 4.69) is 27.7 Å². The average Bonchev–Trinajstić information content (AvgIpc) is 2.72. The van der Waals surface area contributed by atoms with E-state index in [4.69, 9.17) is 0 Å². The summed E-state index contributed by atoms with van der Waals surface area (Å²) in [6.07, 6.45) is 2.87. The van der Waals surface area contributed by atoms with Gasteiger partial charge in [-0.1, -0.05) is 34.1 Å². The number of hydrogen-bond acceptors (Lipinski definition) is 0. The smallest absolute Gasteiger partial charge is 0.0181 e. The van der Waals surface area contributed by atoms with Gasteiger partial charge in [-0.2, -0.15) is 0 Å². The molecule has 11 heavy (non-hydrogen) atoms. The lowest BCUT2D eigenvalue weighted by molar-refractivity contribution is 0.587. The quantitative estimate of drug-likeness (QED) is 0.569. The molecule has 0 aromatic carbocycles. The van der Waals surface area contributed by atoms with Gasteiger partial charge in [0, 0.05) is 0 Å². The number of hydrogen-bond donors (Lipinski definition) is 0. The van der Waals surface area contributed by atoms with E-state index in [1.165, 1.54) is 12.8 Å². The summed E-state index contributed by atoms with van der Waals surface area (Å²) in [4.78, 5) is 0. The van der Waals surface area contributed by atoms with Gasteiger partial charge in [-0.15, -0.1) is 0 Å². The van der Waals surface area contributed by atoms with E-state index in [0.29, 0.717) is 0 Å². The van der Waals surface area contributed by atoms with Gasteiger partial charge in [0.2, 0.25) is 0 Å². The molecule has 0 nitrogen and oxygen atoms in total. The van der Waals surface area contributed by atoms with Gasteiger partial charge in [-0.3, -0.25) is 0 Å². The van der Waals surface area contributed by atoms with E-state index >= 15 is 0 Å². The van der Waals surface area contributed by atoms with Crippen molar-refractivity contribution in [2.45, 2.75) is 40.5 Å². The van der Waals surface area contributed by atoms with E-state index in [1.807, 2.05) is 0 Å². The largest absolute Gasteiger partial charge is 0.0654 e. The lowest BCUT2D eigenvalue weighted by Gasteiger charge is -1.91. The van der Waals surface area contributed by atoms with Gasteiger partial charge >= 0.3 is 0 Å². The van der Waals surface area contributed by atoms with Crippen molar-refractivity contribution in [1.29, 1.82) is 0 Å². The van der Waals surface area contributed by atoms with Gasteiger partial charge in [0.15, 0.2) is 0 Å². The van der Waals surface area contributed by atoms with Gasteiger partial charge in [-0.25, -0.2) is 0 Å². The second-order valence-corrected chi connectivity index (χ2v) is 4.76. The maximum atomic E-state index is 2.46. The summed E-state index contributed by atoms with van der Waals surface area (Å²) in [7, 11) is 0. The zero-order valence-electron chi connectivity index (χ0n) is 8.22. The van der Waals surface area contributed by atoms with Crippen LogP contribution in [0.4, 0.5) is 0 Å². The molecule has 2 aliphatic rings. The van der Waals surface area contributed by atoms with Gasteiger partial charge in [0.25, 0.3) is 0 Å². The first-order valence-electron chi connectivity index (χ1n) is 5.17. The molecule has 4 unspecified atom stereocenters. The summed E-state index contributed by atoms with van der Waals surface area (Å²) in [5.74, 6) is 4.22. The minimum Gasteiger partial charge on any atom is -0.0654 e. The molecule has 0 N–H and O–H groups in total. The minimum absolute atomic E-state index is 0.843. The van der Waals surface area contributed by atoms with Crippen molar-refractivity contribution in [3.8, 4) is 0 Å². The molecule has 2 saturated carbocycles. The summed E-state index contributed by atoms with van der Waals surface area (Å²) < 4.78 is 0. The Labute approximate surface area is 70.4 Å². The average molecular weight is 152 g/mol. The van der Waals surface area contributed by atoms with E-state index in [0.717, 1.165) is 29.1 Å². The van der Waals surface area contributed by atoms with Gasteiger partial charge in [-0.05, 0) is 35.5 Å². The molecule has 2 fully saturated rings. The predicted molar refractivity (Wildman–Crippen MR) is 48.3 cm³/mol. The first kappa shape index (κ1) is 7.64. The maximum absolute atomic E-state index is 2.46. The molecule has 2 rings (SSSR count). The summed E-state index contributed by atoms with van der Waals surface area (Å²) in [5, 5.41) is 0. The van der Waals surface area contributed by atoms with Crippen LogP contribution in [0.3, 0.4) is 0 Å². The van der Waals surface area contributed by atoms with Gasteiger partial charge in [0.05, 0.1) is 0 Å². The number of rotatable bonds is 2. The standard InChI is InChI=1S/C11H20/c1-5-6-10-9(4)11(10)7(2)8(11)3/h7-10H,5-6H2,1-4H3. The Kier molecular flexibility index (Phi) is 1.41. The molecule has 0 saturated heterocycles. The normalized spacial score (nSPS) is 60.0. The first-order chi connectivity index (χ1) is 5.17. The molecule has 0 radical (unpaired) electrons. The Morgan fingerprint density at radius 2 is 1.55 bits per heavy atom. The van der Waals surface area contributed by atoms with Crippen LogP contribution in [0.5, 0.6) is 0 Å². The molecular formula is C11H20. The lowest BCUT2D eigenvalue weighted by Crippen LogP contribution is -1.82. The maximum Gasteiger partial charge on any atom is -0.0181 e. The Balaban J connectivity index is 2.00. The molecule has 0 heterocycles. The SMILES string of the molecule is CCCC1C(C)C12C(C)C2C. The zero-order chi connectivity index (χ0) is 8.22. The van der Waals surface area contributed by atoms with Crippen molar-refractivity contribution in [3.05, 3.63) is 0 Å². The van der Waals surface area contributed by atoms with E-state index < -0.39 is 0 Å². The van der Waals surface area contributed by atoms with E-state index in [9.17, 15) is 0 Å².